The van der Waals surface area contributed by atoms with E-state index in [2.05, 4.69) is 8.67 Å². The number of rotatable bonds is 5. The van der Waals surface area contributed by atoms with Crippen LogP contribution >= 0.6 is 0 Å². The van der Waals surface area contributed by atoms with E-state index in [4.69, 9.17) is 0 Å². The fraction of sp³-hybridized carbons (Fsp3) is 0.250. The molecule has 0 N–H and O–H groups in total. The summed E-state index contributed by atoms with van der Waals surface area (Å²) in [4.78, 5) is 0. The van der Waals surface area contributed by atoms with Gasteiger partial charge in [-0.2, -0.15) is 16.8 Å². The van der Waals surface area contributed by atoms with Gasteiger partial charge in [0, 0.05) is 0 Å². The molecule has 6 nitrogen and oxygen atoms in total. The maximum absolute atomic E-state index is 11.2. The number of hydrogen-bond acceptors (Lipinski definition) is 6. The van der Waals surface area contributed by atoms with Crippen molar-refractivity contribution in [2.45, 2.75) is 5.75 Å². The zero-order valence-corrected chi connectivity index (χ0v) is 9.99. The van der Waals surface area contributed by atoms with Crippen molar-refractivity contribution in [1.29, 1.82) is 0 Å². The lowest BCUT2D eigenvalue weighted by molar-refractivity contribution is -0.0844. The van der Waals surface area contributed by atoms with Gasteiger partial charge in [-0.3, -0.25) is 0 Å². The summed E-state index contributed by atoms with van der Waals surface area (Å²) in [7, 11) is -8.02. The highest BCUT2D eigenvalue weighted by molar-refractivity contribution is 7.88. The second-order valence-corrected chi connectivity index (χ2v) is 6.11. The second-order valence-electron chi connectivity index (χ2n) is 3.03. The summed E-state index contributed by atoms with van der Waals surface area (Å²) in [6.07, 6.45) is 0.686. The van der Waals surface area contributed by atoms with E-state index in [0.29, 0.717) is 11.8 Å². The summed E-state index contributed by atoms with van der Waals surface area (Å²) in [5.74, 6) is -0.455. The fourth-order valence-electron chi connectivity index (χ4n) is 0.895. The van der Waals surface area contributed by atoms with Gasteiger partial charge in [-0.05, 0) is 5.56 Å². The maximum Gasteiger partial charge on any atom is 0.298 e. The van der Waals surface area contributed by atoms with Crippen LogP contribution in [0.1, 0.15) is 5.56 Å². The zero-order valence-electron chi connectivity index (χ0n) is 8.36. The van der Waals surface area contributed by atoms with E-state index in [-0.39, 0.29) is 0 Å². The molecule has 0 saturated carbocycles. The third-order valence-corrected chi connectivity index (χ3v) is 2.80. The molecule has 1 aromatic carbocycles. The smallest absolute Gasteiger partial charge is 0.197 e. The molecule has 16 heavy (non-hydrogen) atoms. The van der Waals surface area contributed by atoms with Gasteiger partial charge in [0.25, 0.3) is 20.2 Å². The summed E-state index contributed by atoms with van der Waals surface area (Å²) >= 11 is 0. The van der Waals surface area contributed by atoms with E-state index >= 15 is 0 Å². The predicted molar refractivity (Wildman–Crippen MR) is 56.1 cm³/mol. The van der Waals surface area contributed by atoms with E-state index in [0.717, 1.165) is 0 Å². The minimum absolute atomic E-state index is 0.455. The maximum atomic E-state index is 11.2. The van der Waals surface area contributed by atoms with Crippen LogP contribution < -0.4 is 0 Å². The summed E-state index contributed by atoms with van der Waals surface area (Å²) in [6, 6.07) is 8.18. The Morgan fingerprint density at radius 1 is 1.00 bits per heavy atom. The minimum Gasteiger partial charge on any atom is -0.197 e. The van der Waals surface area contributed by atoms with E-state index < -0.39 is 26.0 Å². The average molecular weight is 266 g/mol. The van der Waals surface area contributed by atoms with Gasteiger partial charge < -0.3 is 0 Å². The van der Waals surface area contributed by atoms with Crippen LogP contribution in [-0.4, -0.2) is 23.1 Å². The Bertz CT molecular complexity index is 531. The Hall–Kier alpha value is -0.960. The normalized spacial score (nSPS) is 12.6. The molecule has 0 unspecified atom stereocenters. The van der Waals surface area contributed by atoms with Crippen molar-refractivity contribution in [3.63, 3.8) is 0 Å². The molecule has 0 saturated heterocycles. The van der Waals surface area contributed by atoms with Crippen LogP contribution in [0, 0.1) is 0 Å². The van der Waals surface area contributed by atoms with E-state index in [1.54, 1.807) is 30.3 Å². The molecule has 0 heterocycles. The number of benzene rings is 1. The van der Waals surface area contributed by atoms with E-state index in [9.17, 15) is 16.8 Å². The standard InChI is InChI=1S/C8H10O6S2/c1-15(9,10)13-14-16(11,12)7-8-5-3-2-4-6-8/h2-6H,7H2,1H3. The van der Waals surface area contributed by atoms with Crippen molar-refractivity contribution in [2.24, 2.45) is 0 Å². The summed E-state index contributed by atoms with van der Waals surface area (Å²) in [5.41, 5.74) is 0.472. The molecule has 1 aromatic rings. The van der Waals surface area contributed by atoms with Gasteiger partial charge in [-0.15, -0.1) is 0 Å². The summed E-state index contributed by atoms with van der Waals surface area (Å²) in [5, 5.41) is 0. The average Bonchev–Trinajstić information content (AvgIpc) is 2.15. The highest BCUT2D eigenvalue weighted by atomic mass is 32.2. The van der Waals surface area contributed by atoms with Crippen molar-refractivity contribution in [3.05, 3.63) is 35.9 Å². The molecular formula is C8H10O6S2. The van der Waals surface area contributed by atoms with Crippen LogP contribution in [0.4, 0.5) is 0 Å². The lowest BCUT2D eigenvalue weighted by Gasteiger charge is -2.02. The largest absolute Gasteiger partial charge is 0.298 e. The molecule has 0 aliphatic carbocycles. The fourth-order valence-corrected chi connectivity index (χ4v) is 2.29. The van der Waals surface area contributed by atoms with Gasteiger partial charge in [0.05, 0.1) is 6.26 Å². The van der Waals surface area contributed by atoms with E-state index in [1.807, 2.05) is 0 Å². The van der Waals surface area contributed by atoms with Crippen LogP contribution in [0.2, 0.25) is 0 Å². The van der Waals surface area contributed by atoms with Crippen LogP contribution in [0.25, 0.3) is 0 Å². The Morgan fingerprint density at radius 2 is 1.56 bits per heavy atom. The first-order chi connectivity index (χ1) is 7.29. The highest BCUT2D eigenvalue weighted by Crippen LogP contribution is 2.08. The minimum atomic E-state index is -4.07. The predicted octanol–water partition coefficient (Wildman–Crippen LogP) is 0.424. The van der Waals surface area contributed by atoms with Gasteiger partial charge in [-0.1, -0.05) is 39.0 Å². The van der Waals surface area contributed by atoms with Gasteiger partial charge in [-0.25, -0.2) is 0 Å². The second kappa shape index (κ2) is 4.91. The van der Waals surface area contributed by atoms with Gasteiger partial charge in [0.2, 0.25) is 0 Å². The molecule has 0 atom stereocenters. The third kappa shape index (κ3) is 5.21. The van der Waals surface area contributed by atoms with Crippen molar-refractivity contribution in [1.82, 2.24) is 0 Å². The van der Waals surface area contributed by atoms with Crippen molar-refractivity contribution < 1.29 is 25.5 Å². The lowest BCUT2D eigenvalue weighted by atomic mass is 10.2. The van der Waals surface area contributed by atoms with Gasteiger partial charge in [0.15, 0.2) is 0 Å². The van der Waals surface area contributed by atoms with Crippen LogP contribution in [0.5, 0.6) is 0 Å². The van der Waals surface area contributed by atoms with Crippen molar-refractivity contribution >= 4 is 20.2 Å². The highest BCUT2D eigenvalue weighted by Gasteiger charge is 2.17. The van der Waals surface area contributed by atoms with Crippen LogP contribution in [0.3, 0.4) is 0 Å². The van der Waals surface area contributed by atoms with E-state index in [1.165, 1.54) is 0 Å². The quantitative estimate of drug-likeness (QED) is 0.567. The molecule has 0 aliphatic heterocycles. The molecular weight excluding hydrogens is 256 g/mol. The molecule has 0 spiro atoms. The first-order valence-corrected chi connectivity index (χ1v) is 7.52. The molecule has 8 heteroatoms. The monoisotopic (exact) mass is 266 g/mol. The molecule has 0 aromatic heterocycles. The summed E-state index contributed by atoms with van der Waals surface area (Å²) in [6.45, 7) is 0. The molecule has 0 aliphatic rings. The summed E-state index contributed by atoms with van der Waals surface area (Å²) < 4.78 is 51.1. The Balaban J connectivity index is 2.67. The molecule has 0 radical (unpaired) electrons. The zero-order chi connectivity index (χ0) is 12.2. The van der Waals surface area contributed by atoms with Crippen LogP contribution in [-0.2, 0) is 34.7 Å². The first-order valence-electron chi connectivity index (χ1n) is 4.13. The molecule has 0 fully saturated rings. The SMILES string of the molecule is CS(=O)(=O)OOS(=O)(=O)Cc1ccccc1. The Labute approximate surface area is 94.0 Å². The Kier molecular flexibility index (Phi) is 4.03. The molecule has 0 amide bonds. The first kappa shape index (κ1) is 13.1. The molecule has 90 valence electrons. The number of hydrogen-bond donors (Lipinski definition) is 0. The lowest BCUT2D eigenvalue weighted by Crippen LogP contribution is -2.13. The topological polar surface area (TPSA) is 86.7 Å². The molecule has 0 bridgehead atoms. The van der Waals surface area contributed by atoms with Crippen LogP contribution in [0.15, 0.2) is 30.3 Å². The van der Waals surface area contributed by atoms with Crippen molar-refractivity contribution in [2.75, 3.05) is 6.26 Å². The Morgan fingerprint density at radius 3 is 2.06 bits per heavy atom. The van der Waals surface area contributed by atoms with Crippen molar-refractivity contribution in [3.8, 4) is 0 Å². The molecule has 1 rings (SSSR count). The van der Waals surface area contributed by atoms with Gasteiger partial charge >= 0.3 is 0 Å². The van der Waals surface area contributed by atoms with Gasteiger partial charge in [0.1, 0.15) is 5.75 Å². The third-order valence-electron chi connectivity index (χ3n) is 1.44.